The zero-order chi connectivity index (χ0) is 11.8. The van der Waals surface area contributed by atoms with Gasteiger partial charge in [0.15, 0.2) is 0 Å². The Morgan fingerprint density at radius 1 is 1.47 bits per heavy atom. The summed E-state index contributed by atoms with van der Waals surface area (Å²) in [6.45, 7) is 1.50. The molecule has 5 nitrogen and oxygen atoms in total. The van der Waals surface area contributed by atoms with Crippen molar-refractivity contribution >= 4 is 27.6 Å². The van der Waals surface area contributed by atoms with Gasteiger partial charge in [-0.2, -0.15) is 0 Å². The summed E-state index contributed by atoms with van der Waals surface area (Å²) < 4.78 is 22.2. The number of aryl methyl sites for hydroxylation is 1. The van der Waals surface area contributed by atoms with Crippen LogP contribution in [-0.4, -0.2) is 19.5 Å². The molecule has 1 aromatic rings. The van der Waals surface area contributed by atoms with Gasteiger partial charge in [0.1, 0.15) is 4.90 Å². The van der Waals surface area contributed by atoms with Gasteiger partial charge >= 0.3 is 5.97 Å². The highest BCUT2D eigenvalue weighted by Gasteiger charge is 2.18. The maximum absolute atomic E-state index is 11.1. The van der Waals surface area contributed by atoms with E-state index in [9.17, 15) is 13.2 Å². The maximum Gasteiger partial charge on any atom is 0.335 e. The first kappa shape index (κ1) is 12.0. The van der Waals surface area contributed by atoms with Gasteiger partial charge in [-0.25, -0.2) is 18.4 Å². The Bertz CT molecular complexity index is 524. The molecule has 0 saturated heterocycles. The predicted molar refractivity (Wildman–Crippen MR) is 54.5 cm³/mol. The van der Waals surface area contributed by atoms with Crippen molar-refractivity contribution in [2.45, 2.75) is 11.8 Å². The highest BCUT2D eigenvalue weighted by molar-refractivity contribution is 7.89. The minimum Gasteiger partial charge on any atom is -0.478 e. The number of hydrogen-bond acceptors (Lipinski definition) is 3. The van der Waals surface area contributed by atoms with E-state index in [0.29, 0.717) is 5.56 Å². The number of carboxylic acids is 1. The molecule has 0 aliphatic carbocycles. The van der Waals surface area contributed by atoms with Crippen LogP contribution in [0, 0.1) is 6.92 Å². The fourth-order valence-electron chi connectivity index (χ4n) is 1.07. The van der Waals surface area contributed by atoms with Gasteiger partial charge in [0, 0.05) is 0 Å². The largest absolute Gasteiger partial charge is 0.478 e. The molecule has 0 radical (unpaired) electrons. The quantitative estimate of drug-likeness (QED) is 0.817. The lowest BCUT2D eigenvalue weighted by Gasteiger charge is -2.06. The standard InChI is InChI=1S/C8H8ClNO4S/c1-4-2-5(8(11)12)3-6(7(4)9)15(10,13)14/h2-3H,1H3,(H,11,12)(H2,10,13,14). The van der Waals surface area contributed by atoms with Crippen LogP contribution in [0.1, 0.15) is 15.9 Å². The molecule has 7 heteroatoms. The second-order valence-electron chi connectivity index (χ2n) is 2.96. The Morgan fingerprint density at radius 3 is 2.40 bits per heavy atom. The van der Waals surface area contributed by atoms with E-state index < -0.39 is 16.0 Å². The van der Waals surface area contributed by atoms with Gasteiger partial charge in [0.25, 0.3) is 0 Å². The van der Waals surface area contributed by atoms with Gasteiger partial charge in [-0.15, -0.1) is 0 Å². The molecule has 0 aromatic heterocycles. The summed E-state index contributed by atoms with van der Waals surface area (Å²) in [4.78, 5) is 10.3. The first-order valence-corrected chi connectivity index (χ1v) is 5.72. The van der Waals surface area contributed by atoms with E-state index in [0.717, 1.165) is 6.07 Å². The Labute approximate surface area is 91.5 Å². The molecule has 82 valence electrons. The average molecular weight is 250 g/mol. The molecular formula is C8H8ClNO4S. The molecule has 0 saturated carbocycles. The summed E-state index contributed by atoms with van der Waals surface area (Å²) in [6.07, 6.45) is 0. The van der Waals surface area contributed by atoms with Crippen LogP contribution in [-0.2, 0) is 10.0 Å². The van der Waals surface area contributed by atoms with Gasteiger partial charge in [-0.3, -0.25) is 0 Å². The Balaban J connectivity index is 3.59. The van der Waals surface area contributed by atoms with E-state index in [1.54, 1.807) is 0 Å². The van der Waals surface area contributed by atoms with Crippen molar-refractivity contribution < 1.29 is 18.3 Å². The molecule has 0 bridgehead atoms. The average Bonchev–Trinajstić information content (AvgIpc) is 2.06. The Hall–Kier alpha value is -1.11. The first-order chi connectivity index (χ1) is 6.73. The lowest BCUT2D eigenvalue weighted by Crippen LogP contribution is -2.14. The van der Waals surface area contributed by atoms with Crippen LogP contribution in [0.25, 0.3) is 0 Å². The van der Waals surface area contributed by atoms with Crippen LogP contribution in [0.2, 0.25) is 5.02 Å². The summed E-state index contributed by atoms with van der Waals surface area (Å²) >= 11 is 5.70. The number of primary sulfonamides is 1. The van der Waals surface area contributed by atoms with Gasteiger partial charge in [0.2, 0.25) is 10.0 Å². The van der Waals surface area contributed by atoms with Crippen molar-refractivity contribution in [2.24, 2.45) is 5.14 Å². The smallest absolute Gasteiger partial charge is 0.335 e. The summed E-state index contributed by atoms with van der Waals surface area (Å²) in [6, 6.07) is 2.21. The lowest BCUT2D eigenvalue weighted by atomic mass is 10.1. The van der Waals surface area contributed by atoms with Crippen molar-refractivity contribution in [3.63, 3.8) is 0 Å². The van der Waals surface area contributed by atoms with Crippen molar-refractivity contribution in [1.29, 1.82) is 0 Å². The van der Waals surface area contributed by atoms with E-state index in [-0.39, 0.29) is 15.5 Å². The predicted octanol–water partition coefficient (Wildman–Crippen LogP) is 0.994. The van der Waals surface area contributed by atoms with Crippen LogP contribution in [0.3, 0.4) is 0 Å². The van der Waals surface area contributed by atoms with Crippen LogP contribution in [0.4, 0.5) is 0 Å². The molecule has 0 fully saturated rings. The molecule has 3 N–H and O–H groups in total. The third-order valence-electron chi connectivity index (χ3n) is 1.77. The number of aromatic carboxylic acids is 1. The Kier molecular flexibility index (Phi) is 3.03. The number of nitrogens with two attached hydrogens (primary N) is 1. The molecule has 1 rings (SSSR count). The topological polar surface area (TPSA) is 97.5 Å². The van der Waals surface area contributed by atoms with Crippen LogP contribution >= 0.6 is 11.6 Å². The zero-order valence-electron chi connectivity index (χ0n) is 7.69. The minimum absolute atomic E-state index is 0.0532. The van der Waals surface area contributed by atoms with E-state index in [2.05, 4.69) is 0 Å². The molecule has 0 amide bonds. The maximum atomic E-state index is 11.1. The van der Waals surface area contributed by atoms with Gasteiger partial charge in [0.05, 0.1) is 10.6 Å². The van der Waals surface area contributed by atoms with Crippen molar-refractivity contribution in [2.75, 3.05) is 0 Å². The molecule has 0 aliphatic heterocycles. The third kappa shape index (κ3) is 2.47. The molecule has 0 spiro atoms. The number of hydrogen-bond donors (Lipinski definition) is 2. The number of benzene rings is 1. The van der Waals surface area contributed by atoms with Crippen LogP contribution in [0.5, 0.6) is 0 Å². The van der Waals surface area contributed by atoms with Crippen LogP contribution in [0.15, 0.2) is 17.0 Å². The molecule has 0 unspecified atom stereocenters. The first-order valence-electron chi connectivity index (χ1n) is 3.79. The number of sulfonamides is 1. The number of carboxylic acid groups (broad SMARTS) is 1. The summed E-state index contributed by atoms with van der Waals surface area (Å²) in [5, 5.41) is 13.5. The molecule has 0 heterocycles. The van der Waals surface area contributed by atoms with E-state index in [1.165, 1.54) is 13.0 Å². The summed E-state index contributed by atoms with van der Waals surface area (Å²) in [5.41, 5.74) is 0.182. The Morgan fingerprint density at radius 2 is 2.00 bits per heavy atom. The number of carbonyl (C=O) groups is 1. The molecular weight excluding hydrogens is 242 g/mol. The van der Waals surface area contributed by atoms with Gasteiger partial charge < -0.3 is 5.11 Å². The van der Waals surface area contributed by atoms with Gasteiger partial charge in [-0.05, 0) is 24.6 Å². The molecule has 15 heavy (non-hydrogen) atoms. The van der Waals surface area contributed by atoms with Crippen LogP contribution < -0.4 is 5.14 Å². The van der Waals surface area contributed by atoms with Gasteiger partial charge in [-0.1, -0.05) is 11.6 Å². The number of rotatable bonds is 2. The van der Waals surface area contributed by atoms with Crippen molar-refractivity contribution in [1.82, 2.24) is 0 Å². The van der Waals surface area contributed by atoms with Crippen molar-refractivity contribution in [3.05, 3.63) is 28.3 Å². The monoisotopic (exact) mass is 249 g/mol. The molecule has 1 aromatic carbocycles. The van der Waals surface area contributed by atoms with E-state index in [4.69, 9.17) is 21.8 Å². The van der Waals surface area contributed by atoms with Crippen molar-refractivity contribution in [3.8, 4) is 0 Å². The number of halogens is 1. The zero-order valence-corrected chi connectivity index (χ0v) is 9.26. The summed E-state index contributed by atoms with van der Waals surface area (Å²) in [7, 11) is -4.01. The molecule has 0 atom stereocenters. The summed E-state index contributed by atoms with van der Waals surface area (Å²) in [5.74, 6) is -1.24. The second kappa shape index (κ2) is 3.80. The van der Waals surface area contributed by atoms with E-state index >= 15 is 0 Å². The fraction of sp³-hybridized carbons (Fsp3) is 0.125. The molecule has 0 aliphatic rings. The third-order valence-corrected chi connectivity index (χ3v) is 3.32. The lowest BCUT2D eigenvalue weighted by molar-refractivity contribution is 0.0696. The SMILES string of the molecule is Cc1cc(C(=O)O)cc(S(N)(=O)=O)c1Cl. The normalized spacial score (nSPS) is 11.4. The fourth-order valence-corrected chi connectivity index (χ4v) is 2.20. The highest BCUT2D eigenvalue weighted by atomic mass is 35.5. The van der Waals surface area contributed by atoms with E-state index in [1.807, 2.05) is 0 Å². The minimum atomic E-state index is -4.01. The second-order valence-corrected chi connectivity index (χ2v) is 4.86. The highest BCUT2D eigenvalue weighted by Crippen LogP contribution is 2.25.